The van der Waals surface area contributed by atoms with Crippen LogP contribution >= 0.6 is 11.3 Å². The van der Waals surface area contributed by atoms with Gasteiger partial charge in [-0.05, 0) is 38.5 Å². The van der Waals surface area contributed by atoms with E-state index in [2.05, 4.69) is 4.98 Å². The predicted molar refractivity (Wildman–Crippen MR) is 76.0 cm³/mol. The van der Waals surface area contributed by atoms with E-state index in [-0.39, 0.29) is 5.82 Å². The first-order chi connectivity index (χ1) is 8.85. The van der Waals surface area contributed by atoms with Crippen molar-refractivity contribution in [1.82, 2.24) is 4.98 Å². The van der Waals surface area contributed by atoms with Gasteiger partial charge >= 0.3 is 0 Å². The smallest absolute Gasteiger partial charge is 0.123 e. The molecule has 0 saturated heterocycles. The van der Waals surface area contributed by atoms with Crippen molar-refractivity contribution < 1.29 is 9.50 Å². The first kappa shape index (κ1) is 14.2. The zero-order valence-corrected chi connectivity index (χ0v) is 12.2. The summed E-state index contributed by atoms with van der Waals surface area (Å²) in [5.74, 6) is -0.255. The highest BCUT2D eigenvalue weighted by atomic mass is 32.1. The second-order valence-corrected chi connectivity index (χ2v) is 6.51. The number of rotatable bonds is 4. The molecule has 19 heavy (non-hydrogen) atoms. The summed E-state index contributed by atoms with van der Waals surface area (Å²) in [7, 11) is 0. The van der Waals surface area contributed by atoms with Gasteiger partial charge in [0.05, 0.1) is 16.3 Å². The molecule has 0 bridgehead atoms. The molecular weight excluding hydrogens is 261 g/mol. The highest BCUT2D eigenvalue weighted by Crippen LogP contribution is 2.23. The van der Waals surface area contributed by atoms with Crippen LogP contribution in [0, 0.1) is 19.7 Å². The monoisotopic (exact) mass is 279 g/mol. The summed E-state index contributed by atoms with van der Waals surface area (Å²) in [5.41, 5.74) is 1.09. The molecule has 0 aliphatic rings. The van der Waals surface area contributed by atoms with E-state index in [1.807, 2.05) is 13.8 Å². The fraction of sp³-hybridized carbons (Fsp3) is 0.400. The van der Waals surface area contributed by atoms with Crippen LogP contribution in [0.25, 0.3) is 0 Å². The number of thiazole rings is 1. The lowest BCUT2D eigenvalue weighted by atomic mass is 9.93. The Bertz CT molecular complexity index is 541. The molecule has 0 amide bonds. The first-order valence-electron chi connectivity index (χ1n) is 6.25. The molecule has 1 aromatic heterocycles. The number of aryl methyl sites for hydroxylation is 2. The van der Waals surface area contributed by atoms with Crippen LogP contribution in [0.15, 0.2) is 24.3 Å². The summed E-state index contributed by atoms with van der Waals surface area (Å²) in [6.45, 7) is 5.80. The minimum Gasteiger partial charge on any atom is -0.389 e. The largest absolute Gasteiger partial charge is 0.389 e. The van der Waals surface area contributed by atoms with Gasteiger partial charge in [0.1, 0.15) is 5.82 Å². The normalized spacial score (nSPS) is 14.4. The van der Waals surface area contributed by atoms with E-state index in [1.165, 1.54) is 17.0 Å². The summed E-state index contributed by atoms with van der Waals surface area (Å²) in [6, 6.07) is 6.26. The number of aromatic nitrogens is 1. The Morgan fingerprint density at radius 3 is 2.37 bits per heavy atom. The van der Waals surface area contributed by atoms with E-state index in [0.717, 1.165) is 16.3 Å². The minimum absolute atomic E-state index is 0.255. The maximum Gasteiger partial charge on any atom is 0.123 e. The van der Waals surface area contributed by atoms with Crippen LogP contribution in [0.1, 0.15) is 28.1 Å². The lowest BCUT2D eigenvalue weighted by Crippen LogP contribution is -2.30. The van der Waals surface area contributed by atoms with Gasteiger partial charge in [0.2, 0.25) is 0 Å². The summed E-state index contributed by atoms with van der Waals surface area (Å²) in [4.78, 5) is 5.64. The van der Waals surface area contributed by atoms with E-state index in [1.54, 1.807) is 30.4 Å². The van der Waals surface area contributed by atoms with Crippen molar-refractivity contribution in [2.75, 3.05) is 0 Å². The third kappa shape index (κ3) is 3.85. The SMILES string of the molecule is Cc1nc(CC(C)(O)Cc2ccc(F)cc2)sc1C. The van der Waals surface area contributed by atoms with E-state index in [0.29, 0.717) is 12.8 Å². The standard InChI is InChI=1S/C15H18FNOS/c1-10-11(2)19-14(17-10)9-15(3,18)8-12-4-6-13(16)7-5-12/h4-7,18H,8-9H2,1-3H3. The molecule has 1 N–H and O–H groups in total. The fourth-order valence-corrected chi connectivity index (χ4v) is 3.16. The average molecular weight is 279 g/mol. The molecule has 1 heterocycles. The minimum atomic E-state index is -0.867. The Hall–Kier alpha value is -1.26. The van der Waals surface area contributed by atoms with Crippen LogP contribution in [0.3, 0.4) is 0 Å². The van der Waals surface area contributed by atoms with Gasteiger partial charge in [-0.25, -0.2) is 9.37 Å². The molecular formula is C15H18FNOS. The molecule has 1 atom stereocenters. The van der Waals surface area contributed by atoms with Crippen molar-refractivity contribution in [3.05, 3.63) is 51.2 Å². The van der Waals surface area contributed by atoms with Gasteiger partial charge in [-0.3, -0.25) is 0 Å². The maximum absolute atomic E-state index is 12.8. The van der Waals surface area contributed by atoms with Crippen molar-refractivity contribution in [1.29, 1.82) is 0 Å². The maximum atomic E-state index is 12.8. The number of hydrogen-bond donors (Lipinski definition) is 1. The van der Waals surface area contributed by atoms with Gasteiger partial charge in [0.15, 0.2) is 0 Å². The number of halogens is 1. The number of nitrogens with zero attached hydrogens (tertiary/aromatic N) is 1. The van der Waals surface area contributed by atoms with Crippen molar-refractivity contribution in [3.63, 3.8) is 0 Å². The number of aliphatic hydroxyl groups is 1. The molecule has 1 unspecified atom stereocenters. The van der Waals surface area contributed by atoms with Gasteiger partial charge in [-0.1, -0.05) is 12.1 Å². The van der Waals surface area contributed by atoms with E-state index in [9.17, 15) is 9.50 Å². The Morgan fingerprint density at radius 2 is 1.84 bits per heavy atom. The van der Waals surface area contributed by atoms with Crippen LogP contribution in [-0.4, -0.2) is 15.7 Å². The first-order valence-corrected chi connectivity index (χ1v) is 7.07. The second kappa shape index (κ2) is 5.39. The van der Waals surface area contributed by atoms with Crippen molar-refractivity contribution in [3.8, 4) is 0 Å². The van der Waals surface area contributed by atoms with E-state index >= 15 is 0 Å². The molecule has 1 aromatic carbocycles. The molecule has 4 heteroatoms. The van der Waals surface area contributed by atoms with Gasteiger partial charge in [-0.15, -0.1) is 11.3 Å². The molecule has 0 spiro atoms. The van der Waals surface area contributed by atoms with E-state index < -0.39 is 5.60 Å². The Balaban J connectivity index is 2.07. The fourth-order valence-electron chi connectivity index (χ4n) is 2.05. The molecule has 0 saturated carbocycles. The van der Waals surface area contributed by atoms with E-state index in [4.69, 9.17) is 0 Å². The Kier molecular flexibility index (Phi) is 4.02. The third-order valence-corrected chi connectivity index (χ3v) is 4.18. The molecule has 0 radical (unpaired) electrons. The van der Waals surface area contributed by atoms with Crippen molar-refractivity contribution in [2.45, 2.75) is 39.2 Å². The topological polar surface area (TPSA) is 33.1 Å². The molecule has 0 aliphatic heterocycles. The van der Waals surface area contributed by atoms with Gasteiger partial charge < -0.3 is 5.11 Å². The van der Waals surface area contributed by atoms with Crippen LogP contribution in [-0.2, 0) is 12.8 Å². The molecule has 2 nitrogen and oxygen atoms in total. The average Bonchev–Trinajstić information content (AvgIpc) is 2.60. The van der Waals surface area contributed by atoms with Crippen LogP contribution in [0.5, 0.6) is 0 Å². The molecule has 102 valence electrons. The number of benzene rings is 1. The zero-order chi connectivity index (χ0) is 14.0. The summed E-state index contributed by atoms with van der Waals surface area (Å²) < 4.78 is 12.8. The molecule has 2 aromatic rings. The Labute approximate surface area is 116 Å². The Morgan fingerprint density at radius 1 is 1.21 bits per heavy atom. The summed E-state index contributed by atoms with van der Waals surface area (Å²) >= 11 is 1.62. The summed E-state index contributed by atoms with van der Waals surface area (Å²) in [6.07, 6.45) is 1.01. The van der Waals surface area contributed by atoms with Crippen LogP contribution in [0.2, 0.25) is 0 Å². The molecule has 0 aliphatic carbocycles. The lowest BCUT2D eigenvalue weighted by Gasteiger charge is -2.22. The van der Waals surface area contributed by atoms with Crippen molar-refractivity contribution >= 4 is 11.3 Å². The van der Waals surface area contributed by atoms with Crippen LogP contribution in [0.4, 0.5) is 4.39 Å². The van der Waals surface area contributed by atoms with Gasteiger partial charge in [0, 0.05) is 17.7 Å². The van der Waals surface area contributed by atoms with Crippen LogP contribution < -0.4 is 0 Å². The van der Waals surface area contributed by atoms with Gasteiger partial charge in [-0.2, -0.15) is 0 Å². The summed E-state index contributed by atoms with van der Waals surface area (Å²) in [5, 5.41) is 11.4. The molecule has 2 rings (SSSR count). The quantitative estimate of drug-likeness (QED) is 0.930. The van der Waals surface area contributed by atoms with Gasteiger partial charge in [0.25, 0.3) is 0 Å². The number of hydrogen-bond acceptors (Lipinski definition) is 3. The van der Waals surface area contributed by atoms with Crippen molar-refractivity contribution in [2.24, 2.45) is 0 Å². The third-order valence-electron chi connectivity index (χ3n) is 3.10. The molecule has 0 fully saturated rings. The highest BCUT2D eigenvalue weighted by molar-refractivity contribution is 7.11. The highest BCUT2D eigenvalue weighted by Gasteiger charge is 2.23. The lowest BCUT2D eigenvalue weighted by molar-refractivity contribution is 0.0607. The second-order valence-electron chi connectivity index (χ2n) is 5.23. The predicted octanol–water partition coefficient (Wildman–Crippen LogP) is 3.44. The zero-order valence-electron chi connectivity index (χ0n) is 11.4.